The third-order valence-electron chi connectivity index (χ3n) is 2.18. The van der Waals surface area contributed by atoms with Gasteiger partial charge in [-0.25, -0.2) is 0 Å². The Kier molecular flexibility index (Phi) is 6.03. The highest BCUT2D eigenvalue weighted by atomic mass is 16.7. The fourth-order valence-electron chi connectivity index (χ4n) is 1.39. The van der Waals surface area contributed by atoms with Crippen LogP contribution in [-0.4, -0.2) is 40.7 Å². The average molecular weight is 257 g/mol. The molecule has 2 unspecified atom stereocenters. The Morgan fingerprint density at radius 2 is 1.78 bits per heavy atom. The Balaban J connectivity index is 2.63. The molecule has 0 bridgehead atoms. The minimum absolute atomic E-state index is 0.412. The van der Waals surface area contributed by atoms with Gasteiger partial charge in [-0.05, 0) is 37.6 Å². The van der Waals surface area contributed by atoms with Crippen molar-refractivity contribution in [3.8, 4) is 5.75 Å². The van der Waals surface area contributed by atoms with E-state index in [2.05, 4.69) is 0 Å². The van der Waals surface area contributed by atoms with Gasteiger partial charge >= 0.3 is 0 Å². The van der Waals surface area contributed by atoms with Gasteiger partial charge in [-0.3, -0.25) is 0 Å². The summed E-state index contributed by atoms with van der Waals surface area (Å²) in [6.07, 6.45) is -3.58. The van der Waals surface area contributed by atoms with E-state index in [-0.39, 0.29) is 0 Å². The molecule has 0 saturated carbocycles. The van der Waals surface area contributed by atoms with E-state index in [0.717, 1.165) is 12.0 Å². The van der Waals surface area contributed by atoms with Gasteiger partial charge in [0.1, 0.15) is 5.75 Å². The summed E-state index contributed by atoms with van der Waals surface area (Å²) in [5.74, 6) is 0.412. The summed E-state index contributed by atoms with van der Waals surface area (Å²) in [5.41, 5.74) is 6.49. The smallest absolute Gasteiger partial charge is 0.253 e. The van der Waals surface area contributed by atoms with Crippen LogP contribution in [0.2, 0.25) is 0 Å². The number of benzene rings is 1. The van der Waals surface area contributed by atoms with Gasteiger partial charge in [0.25, 0.3) is 6.29 Å². The molecule has 6 heteroatoms. The molecule has 1 aromatic carbocycles. The van der Waals surface area contributed by atoms with Gasteiger partial charge in [-0.1, -0.05) is 12.1 Å². The van der Waals surface area contributed by atoms with Gasteiger partial charge in [0, 0.05) is 0 Å². The third kappa shape index (κ3) is 4.99. The number of hydrogen-bond donors (Lipinski definition) is 4. The van der Waals surface area contributed by atoms with Gasteiger partial charge < -0.3 is 30.5 Å². The molecule has 0 aromatic heterocycles. The number of hydrogen-bond acceptors (Lipinski definition) is 6. The van der Waals surface area contributed by atoms with Crippen LogP contribution >= 0.6 is 0 Å². The Labute approximate surface area is 106 Å². The first-order valence-electron chi connectivity index (χ1n) is 5.68. The van der Waals surface area contributed by atoms with Crippen molar-refractivity contribution >= 4 is 0 Å². The summed E-state index contributed by atoms with van der Waals surface area (Å²) in [6.45, 7) is 1.91. The van der Waals surface area contributed by atoms with Crippen LogP contribution in [0.1, 0.15) is 12.5 Å². The Bertz CT molecular complexity index is 339. The quantitative estimate of drug-likeness (QED) is 0.493. The van der Waals surface area contributed by atoms with E-state index in [1.54, 1.807) is 12.1 Å². The zero-order chi connectivity index (χ0) is 13.5. The highest BCUT2D eigenvalue weighted by Gasteiger charge is 2.21. The highest BCUT2D eigenvalue weighted by Crippen LogP contribution is 2.16. The Hall–Kier alpha value is -1.18. The maximum Gasteiger partial charge on any atom is 0.253 e. The van der Waals surface area contributed by atoms with Gasteiger partial charge in [0.15, 0.2) is 6.29 Å². The molecule has 0 fully saturated rings. The zero-order valence-corrected chi connectivity index (χ0v) is 10.2. The SMILES string of the molecule is CC(O)OC(Oc1ccc(CCN)cc1)C(O)O. The van der Waals surface area contributed by atoms with Crippen molar-refractivity contribution in [2.75, 3.05) is 6.54 Å². The van der Waals surface area contributed by atoms with E-state index < -0.39 is 18.9 Å². The summed E-state index contributed by atoms with van der Waals surface area (Å²) in [5, 5.41) is 27.1. The summed E-state index contributed by atoms with van der Waals surface area (Å²) >= 11 is 0. The molecular formula is C12H19NO5. The predicted octanol–water partition coefficient (Wildman–Crippen LogP) is -0.442. The van der Waals surface area contributed by atoms with Crippen molar-refractivity contribution in [1.29, 1.82) is 0 Å². The molecule has 0 aliphatic heterocycles. The topological polar surface area (TPSA) is 105 Å². The Morgan fingerprint density at radius 1 is 1.17 bits per heavy atom. The molecular weight excluding hydrogens is 238 g/mol. The Morgan fingerprint density at radius 3 is 2.22 bits per heavy atom. The molecule has 1 rings (SSSR count). The van der Waals surface area contributed by atoms with Crippen LogP contribution in [0, 0.1) is 0 Å². The van der Waals surface area contributed by atoms with Crippen LogP contribution in [0.25, 0.3) is 0 Å². The molecule has 6 nitrogen and oxygen atoms in total. The van der Waals surface area contributed by atoms with Crippen LogP contribution in [0.3, 0.4) is 0 Å². The first kappa shape index (κ1) is 14.9. The molecule has 0 radical (unpaired) electrons. The molecule has 0 heterocycles. The molecule has 5 N–H and O–H groups in total. The van der Waals surface area contributed by atoms with E-state index in [0.29, 0.717) is 12.3 Å². The number of rotatable bonds is 7. The van der Waals surface area contributed by atoms with Crippen molar-refractivity contribution in [2.24, 2.45) is 5.73 Å². The van der Waals surface area contributed by atoms with E-state index >= 15 is 0 Å². The number of aliphatic hydroxyl groups excluding tert-OH is 2. The number of aliphatic hydroxyl groups is 3. The fourth-order valence-corrected chi connectivity index (χ4v) is 1.39. The van der Waals surface area contributed by atoms with Crippen molar-refractivity contribution in [3.63, 3.8) is 0 Å². The molecule has 102 valence electrons. The molecule has 2 atom stereocenters. The fraction of sp³-hybridized carbons (Fsp3) is 0.500. The van der Waals surface area contributed by atoms with Crippen LogP contribution in [0.5, 0.6) is 5.75 Å². The number of ether oxygens (including phenoxy) is 2. The van der Waals surface area contributed by atoms with Crippen molar-refractivity contribution in [2.45, 2.75) is 32.2 Å². The predicted molar refractivity (Wildman–Crippen MR) is 64.6 cm³/mol. The second-order valence-electron chi connectivity index (χ2n) is 3.82. The standard InChI is InChI=1S/C12H19NO5/c1-8(14)17-12(11(15)16)18-10-4-2-9(3-5-10)6-7-13/h2-5,8,11-12,14-16H,6-7,13H2,1H3. The van der Waals surface area contributed by atoms with Gasteiger partial charge in [-0.15, -0.1) is 0 Å². The number of nitrogens with two attached hydrogens (primary N) is 1. The van der Waals surface area contributed by atoms with Crippen LogP contribution in [-0.2, 0) is 11.2 Å². The van der Waals surface area contributed by atoms with Crippen LogP contribution in [0.15, 0.2) is 24.3 Å². The molecule has 0 amide bonds. The summed E-state index contributed by atoms with van der Waals surface area (Å²) in [7, 11) is 0. The minimum Gasteiger partial charge on any atom is -0.459 e. The summed E-state index contributed by atoms with van der Waals surface area (Å²) < 4.78 is 10.0. The second-order valence-corrected chi connectivity index (χ2v) is 3.82. The van der Waals surface area contributed by atoms with Gasteiger partial charge in [-0.2, -0.15) is 0 Å². The average Bonchev–Trinajstić information content (AvgIpc) is 2.30. The normalized spacial score (nSPS) is 14.6. The minimum atomic E-state index is -1.84. The van der Waals surface area contributed by atoms with Crippen molar-refractivity contribution in [3.05, 3.63) is 29.8 Å². The molecule has 18 heavy (non-hydrogen) atoms. The van der Waals surface area contributed by atoms with E-state index in [1.807, 2.05) is 12.1 Å². The lowest BCUT2D eigenvalue weighted by molar-refractivity contribution is -0.267. The molecule has 0 aliphatic rings. The second kappa shape index (κ2) is 7.30. The summed E-state index contributed by atoms with van der Waals surface area (Å²) in [6, 6.07) is 6.99. The monoisotopic (exact) mass is 257 g/mol. The van der Waals surface area contributed by atoms with E-state index in [4.69, 9.17) is 30.5 Å². The zero-order valence-electron chi connectivity index (χ0n) is 10.2. The first-order valence-corrected chi connectivity index (χ1v) is 5.68. The van der Waals surface area contributed by atoms with E-state index in [1.165, 1.54) is 6.92 Å². The van der Waals surface area contributed by atoms with E-state index in [9.17, 15) is 0 Å². The largest absolute Gasteiger partial charge is 0.459 e. The molecule has 0 saturated heterocycles. The maximum atomic E-state index is 9.04. The van der Waals surface area contributed by atoms with Gasteiger partial charge in [0.05, 0.1) is 0 Å². The lowest BCUT2D eigenvalue weighted by Crippen LogP contribution is -2.36. The van der Waals surface area contributed by atoms with Crippen LogP contribution < -0.4 is 10.5 Å². The van der Waals surface area contributed by atoms with Crippen LogP contribution in [0.4, 0.5) is 0 Å². The lowest BCUT2D eigenvalue weighted by Gasteiger charge is -2.22. The van der Waals surface area contributed by atoms with Crippen molar-refractivity contribution < 1.29 is 24.8 Å². The molecule has 0 spiro atoms. The maximum absolute atomic E-state index is 9.04. The van der Waals surface area contributed by atoms with Gasteiger partial charge in [0.2, 0.25) is 6.29 Å². The first-order chi connectivity index (χ1) is 8.52. The lowest BCUT2D eigenvalue weighted by atomic mass is 10.1. The van der Waals surface area contributed by atoms with Crippen molar-refractivity contribution in [1.82, 2.24) is 0 Å². The third-order valence-corrected chi connectivity index (χ3v) is 2.18. The molecule has 1 aromatic rings. The highest BCUT2D eigenvalue weighted by molar-refractivity contribution is 5.27. The summed E-state index contributed by atoms with van der Waals surface area (Å²) in [4.78, 5) is 0. The molecule has 0 aliphatic carbocycles.